The first-order chi connectivity index (χ1) is 7.65. The summed E-state index contributed by atoms with van der Waals surface area (Å²) in [5.41, 5.74) is 1.85. The first kappa shape index (κ1) is 11.4. The second kappa shape index (κ2) is 4.43. The van der Waals surface area contributed by atoms with E-state index in [9.17, 15) is 4.79 Å². The van der Waals surface area contributed by atoms with Gasteiger partial charge in [0.1, 0.15) is 0 Å². The zero-order chi connectivity index (χ0) is 11.7. The summed E-state index contributed by atoms with van der Waals surface area (Å²) in [4.78, 5) is 12.0. The van der Waals surface area contributed by atoms with Gasteiger partial charge in [0.05, 0.1) is 24.2 Å². The average molecular weight is 285 g/mol. The van der Waals surface area contributed by atoms with Crippen molar-refractivity contribution >= 4 is 27.0 Å². The number of fused-ring (bicyclic) bond motifs is 1. The van der Waals surface area contributed by atoms with Gasteiger partial charge in [0.15, 0.2) is 0 Å². The number of imidazole rings is 1. The minimum atomic E-state index is -0.00912. The minimum Gasteiger partial charge on any atom is -0.383 e. The molecule has 1 aromatic heterocycles. The second-order valence-electron chi connectivity index (χ2n) is 3.62. The number of rotatable bonds is 3. The summed E-state index contributed by atoms with van der Waals surface area (Å²) in [5.74, 6) is 0. The summed E-state index contributed by atoms with van der Waals surface area (Å²) >= 11 is 3.41. The van der Waals surface area contributed by atoms with E-state index in [4.69, 9.17) is 4.74 Å². The topological polar surface area (TPSA) is 36.2 Å². The number of ether oxygens (including phenoxy) is 1. The summed E-state index contributed by atoms with van der Waals surface area (Å²) in [6, 6.07) is 5.82. The summed E-state index contributed by atoms with van der Waals surface area (Å²) in [7, 11) is 3.41. The van der Waals surface area contributed by atoms with Crippen LogP contribution in [0.15, 0.2) is 27.5 Å². The zero-order valence-electron chi connectivity index (χ0n) is 9.24. The molecule has 16 heavy (non-hydrogen) atoms. The molecule has 4 nitrogen and oxygen atoms in total. The lowest BCUT2D eigenvalue weighted by molar-refractivity contribution is 0.187. The standard InChI is InChI=1S/C11H13BrN2O2/c1-13-9-4-3-8(12)7-10(9)14(11(13)15)5-6-16-2/h3-4,7H,5-6H2,1-2H3. The highest BCUT2D eigenvalue weighted by molar-refractivity contribution is 9.10. The van der Waals surface area contributed by atoms with Crippen LogP contribution in [0.5, 0.6) is 0 Å². The fourth-order valence-corrected chi connectivity index (χ4v) is 2.13. The Kier molecular flexibility index (Phi) is 3.16. The molecule has 0 saturated carbocycles. The summed E-state index contributed by atoms with van der Waals surface area (Å²) < 4.78 is 9.35. The maximum Gasteiger partial charge on any atom is 0.328 e. The molecule has 1 heterocycles. The van der Waals surface area contributed by atoms with Crippen molar-refractivity contribution in [3.05, 3.63) is 33.2 Å². The van der Waals surface area contributed by atoms with Crippen molar-refractivity contribution in [1.82, 2.24) is 9.13 Å². The largest absolute Gasteiger partial charge is 0.383 e. The SMILES string of the molecule is COCCn1c(=O)n(C)c2ccc(Br)cc21. The first-order valence-corrected chi connectivity index (χ1v) is 5.78. The maximum atomic E-state index is 12.0. The highest BCUT2D eigenvalue weighted by Gasteiger charge is 2.10. The summed E-state index contributed by atoms with van der Waals surface area (Å²) in [6.45, 7) is 1.11. The van der Waals surface area contributed by atoms with Crippen LogP contribution in [0, 0.1) is 0 Å². The monoisotopic (exact) mass is 284 g/mol. The molecule has 1 aromatic carbocycles. The number of benzene rings is 1. The fourth-order valence-electron chi connectivity index (χ4n) is 1.78. The van der Waals surface area contributed by atoms with Crippen LogP contribution in [0.25, 0.3) is 11.0 Å². The van der Waals surface area contributed by atoms with E-state index in [-0.39, 0.29) is 5.69 Å². The third-order valence-corrected chi connectivity index (χ3v) is 3.12. The Morgan fingerprint density at radius 1 is 1.38 bits per heavy atom. The lowest BCUT2D eigenvalue weighted by Gasteiger charge is -2.01. The molecule has 0 atom stereocenters. The van der Waals surface area contributed by atoms with Crippen LogP contribution in [0.3, 0.4) is 0 Å². The quantitative estimate of drug-likeness (QED) is 0.861. The van der Waals surface area contributed by atoms with Gasteiger partial charge in [-0.05, 0) is 18.2 Å². The molecule has 0 saturated heterocycles. The smallest absolute Gasteiger partial charge is 0.328 e. The van der Waals surface area contributed by atoms with Gasteiger partial charge in [-0.3, -0.25) is 9.13 Å². The predicted octanol–water partition coefficient (Wildman–Crippen LogP) is 1.75. The van der Waals surface area contributed by atoms with E-state index < -0.39 is 0 Å². The van der Waals surface area contributed by atoms with Gasteiger partial charge in [-0.2, -0.15) is 0 Å². The van der Waals surface area contributed by atoms with Gasteiger partial charge in [0, 0.05) is 18.6 Å². The Labute approximate surface area is 102 Å². The van der Waals surface area contributed by atoms with Gasteiger partial charge in [0.25, 0.3) is 0 Å². The summed E-state index contributed by atoms with van der Waals surface area (Å²) in [6.07, 6.45) is 0. The van der Waals surface area contributed by atoms with Crippen molar-refractivity contribution in [3.63, 3.8) is 0 Å². The van der Waals surface area contributed by atoms with E-state index in [2.05, 4.69) is 15.9 Å². The molecular weight excluding hydrogens is 272 g/mol. The van der Waals surface area contributed by atoms with Gasteiger partial charge in [0.2, 0.25) is 0 Å². The Bertz CT molecular complexity index is 571. The maximum absolute atomic E-state index is 12.0. The van der Waals surface area contributed by atoms with Crippen LogP contribution in [0.1, 0.15) is 0 Å². The molecule has 0 aliphatic heterocycles. The number of methoxy groups -OCH3 is 1. The number of aryl methyl sites for hydroxylation is 1. The molecule has 0 amide bonds. The van der Waals surface area contributed by atoms with Crippen molar-refractivity contribution in [2.45, 2.75) is 6.54 Å². The van der Waals surface area contributed by atoms with Crippen LogP contribution in [0.4, 0.5) is 0 Å². The van der Waals surface area contributed by atoms with Gasteiger partial charge in [-0.25, -0.2) is 4.79 Å². The average Bonchev–Trinajstić information content (AvgIpc) is 2.50. The predicted molar refractivity (Wildman–Crippen MR) is 66.8 cm³/mol. The van der Waals surface area contributed by atoms with Crippen LogP contribution in [0.2, 0.25) is 0 Å². The van der Waals surface area contributed by atoms with Crippen LogP contribution < -0.4 is 5.69 Å². The Hall–Kier alpha value is -1.07. The van der Waals surface area contributed by atoms with Crippen LogP contribution >= 0.6 is 15.9 Å². The van der Waals surface area contributed by atoms with Crippen molar-refractivity contribution in [2.75, 3.05) is 13.7 Å². The third kappa shape index (κ3) is 1.81. The van der Waals surface area contributed by atoms with E-state index in [1.807, 2.05) is 18.2 Å². The van der Waals surface area contributed by atoms with E-state index in [1.54, 1.807) is 23.3 Å². The molecule has 0 spiro atoms. The highest BCUT2D eigenvalue weighted by atomic mass is 79.9. The van der Waals surface area contributed by atoms with Crippen molar-refractivity contribution in [2.24, 2.45) is 7.05 Å². The van der Waals surface area contributed by atoms with E-state index in [1.165, 1.54) is 0 Å². The number of aromatic nitrogens is 2. The Morgan fingerprint density at radius 3 is 2.81 bits per heavy atom. The Morgan fingerprint density at radius 2 is 2.12 bits per heavy atom. The molecule has 0 fully saturated rings. The lowest BCUT2D eigenvalue weighted by atomic mass is 10.3. The fraction of sp³-hybridized carbons (Fsp3) is 0.364. The van der Waals surface area contributed by atoms with Crippen molar-refractivity contribution < 1.29 is 4.74 Å². The van der Waals surface area contributed by atoms with Gasteiger partial charge in [-0.15, -0.1) is 0 Å². The number of nitrogens with zero attached hydrogens (tertiary/aromatic N) is 2. The van der Waals surface area contributed by atoms with E-state index >= 15 is 0 Å². The van der Waals surface area contributed by atoms with E-state index in [0.29, 0.717) is 13.2 Å². The lowest BCUT2D eigenvalue weighted by Crippen LogP contribution is -2.23. The van der Waals surface area contributed by atoms with Gasteiger partial charge in [-0.1, -0.05) is 15.9 Å². The molecule has 0 aliphatic rings. The number of hydrogen-bond acceptors (Lipinski definition) is 2. The molecule has 86 valence electrons. The molecule has 5 heteroatoms. The van der Waals surface area contributed by atoms with Crippen LogP contribution in [-0.4, -0.2) is 22.9 Å². The third-order valence-electron chi connectivity index (χ3n) is 2.63. The number of halogens is 1. The first-order valence-electron chi connectivity index (χ1n) is 4.99. The van der Waals surface area contributed by atoms with Crippen molar-refractivity contribution in [3.8, 4) is 0 Å². The molecule has 0 radical (unpaired) electrons. The molecule has 0 unspecified atom stereocenters. The van der Waals surface area contributed by atoms with Gasteiger partial charge < -0.3 is 4.74 Å². The van der Waals surface area contributed by atoms with E-state index in [0.717, 1.165) is 15.5 Å². The molecule has 2 aromatic rings. The van der Waals surface area contributed by atoms with Crippen molar-refractivity contribution in [1.29, 1.82) is 0 Å². The molecule has 2 rings (SSSR count). The zero-order valence-corrected chi connectivity index (χ0v) is 10.8. The molecular formula is C11H13BrN2O2. The minimum absolute atomic E-state index is 0.00912. The number of hydrogen-bond donors (Lipinski definition) is 0. The molecule has 0 N–H and O–H groups in total. The molecule has 0 bridgehead atoms. The second-order valence-corrected chi connectivity index (χ2v) is 4.53. The van der Waals surface area contributed by atoms with Crippen LogP contribution in [-0.2, 0) is 18.3 Å². The molecule has 0 aliphatic carbocycles. The normalized spacial score (nSPS) is 11.2. The highest BCUT2D eigenvalue weighted by Crippen LogP contribution is 2.18. The summed E-state index contributed by atoms with van der Waals surface area (Å²) in [5, 5.41) is 0. The Balaban J connectivity index is 2.66. The van der Waals surface area contributed by atoms with Gasteiger partial charge >= 0.3 is 5.69 Å².